The van der Waals surface area contributed by atoms with Crippen molar-refractivity contribution in [1.29, 1.82) is 0 Å². The lowest BCUT2D eigenvalue weighted by molar-refractivity contribution is -0.111. The molecule has 28 heavy (non-hydrogen) atoms. The summed E-state index contributed by atoms with van der Waals surface area (Å²) in [5.74, 6) is 0.729. The van der Waals surface area contributed by atoms with E-state index in [-0.39, 0.29) is 5.91 Å². The highest BCUT2D eigenvalue weighted by Crippen LogP contribution is 2.28. The second-order valence-electron chi connectivity index (χ2n) is 6.73. The highest BCUT2D eigenvalue weighted by Gasteiger charge is 2.15. The SMILES string of the molecule is CCc1oc2ccccc2c1/C=C/C(=O)Nc1ccccc1N1CCOCC1. The number of furan rings is 1. The van der Waals surface area contributed by atoms with Gasteiger partial charge < -0.3 is 19.4 Å². The zero-order chi connectivity index (χ0) is 19.3. The fourth-order valence-electron chi connectivity index (χ4n) is 3.55. The van der Waals surface area contributed by atoms with Gasteiger partial charge in [0.25, 0.3) is 0 Å². The molecule has 5 nitrogen and oxygen atoms in total. The molecular weight excluding hydrogens is 352 g/mol. The Morgan fingerprint density at radius 3 is 2.68 bits per heavy atom. The molecule has 2 aromatic carbocycles. The largest absolute Gasteiger partial charge is 0.460 e. The van der Waals surface area contributed by atoms with Crippen LogP contribution in [-0.4, -0.2) is 32.2 Å². The number of para-hydroxylation sites is 3. The van der Waals surface area contributed by atoms with Crippen LogP contribution in [0.1, 0.15) is 18.2 Å². The van der Waals surface area contributed by atoms with Crippen LogP contribution in [-0.2, 0) is 16.0 Å². The predicted molar refractivity (Wildman–Crippen MR) is 113 cm³/mol. The third kappa shape index (κ3) is 3.80. The number of amides is 1. The Bertz CT molecular complexity index is 1000. The van der Waals surface area contributed by atoms with Gasteiger partial charge in [0.2, 0.25) is 5.91 Å². The Balaban J connectivity index is 1.54. The average Bonchev–Trinajstić information content (AvgIpc) is 3.11. The van der Waals surface area contributed by atoms with Crippen molar-refractivity contribution in [1.82, 2.24) is 0 Å². The van der Waals surface area contributed by atoms with E-state index < -0.39 is 0 Å². The molecule has 4 rings (SSSR count). The highest BCUT2D eigenvalue weighted by molar-refractivity contribution is 6.05. The number of rotatable bonds is 5. The molecule has 0 unspecified atom stereocenters. The third-order valence-electron chi connectivity index (χ3n) is 4.95. The number of hydrogen-bond acceptors (Lipinski definition) is 4. The van der Waals surface area contributed by atoms with Gasteiger partial charge in [-0.05, 0) is 24.3 Å². The number of benzene rings is 2. The number of ether oxygens (including phenoxy) is 1. The Morgan fingerprint density at radius 2 is 1.86 bits per heavy atom. The van der Waals surface area contributed by atoms with Gasteiger partial charge in [0.1, 0.15) is 11.3 Å². The number of carbonyl (C=O) groups excluding carboxylic acids is 1. The van der Waals surface area contributed by atoms with Gasteiger partial charge in [0.15, 0.2) is 0 Å². The highest BCUT2D eigenvalue weighted by atomic mass is 16.5. The van der Waals surface area contributed by atoms with Crippen LogP contribution >= 0.6 is 0 Å². The number of anilines is 2. The van der Waals surface area contributed by atoms with E-state index in [1.54, 1.807) is 6.08 Å². The molecule has 1 saturated heterocycles. The summed E-state index contributed by atoms with van der Waals surface area (Å²) in [6.45, 7) is 5.10. The quantitative estimate of drug-likeness (QED) is 0.667. The second-order valence-corrected chi connectivity index (χ2v) is 6.73. The van der Waals surface area contributed by atoms with Crippen LogP contribution in [0.3, 0.4) is 0 Å². The summed E-state index contributed by atoms with van der Waals surface area (Å²) in [4.78, 5) is 14.8. The smallest absolute Gasteiger partial charge is 0.248 e. The molecule has 1 aliphatic rings. The minimum atomic E-state index is -0.159. The van der Waals surface area contributed by atoms with E-state index in [9.17, 15) is 4.79 Å². The van der Waals surface area contributed by atoms with Crippen LogP contribution < -0.4 is 10.2 Å². The molecule has 0 saturated carbocycles. The van der Waals surface area contributed by atoms with E-state index >= 15 is 0 Å². The van der Waals surface area contributed by atoms with E-state index in [4.69, 9.17) is 9.15 Å². The predicted octanol–water partition coefficient (Wildman–Crippen LogP) is 4.48. The third-order valence-corrected chi connectivity index (χ3v) is 4.95. The summed E-state index contributed by atoms with van der Waals surface area (Å²) in [6, 6.07) is 15.8. The number of morpholine rings is 1. The first-order chi connectivity index (χ1) is 13.8. The van der Waals surface area contributed by atoms with Crippen molar-refractivity contribution in [3.05, 3.63) is 65.9 Å². The number of nitrogens with one attached hydrogen (secondary N) is 1. The Morgan fingerprint density at radius 1 is 1.11 bits per heavy atom. The summed E-state index contributed by atoms with van der Waals surface area (Å²) in [5.41, 5.74) is 3.65. The maximum absolute atomic E-state index is 12.6. The molecule has 2 heterocycles. The van der Waals surface area contributed by atoms with Crippen LogP contribution in [0, 0.1) is 0 Å². The molecule has 1 N–H and O–H groups in total. The maximum atomic E-state index is 12.6. The van der Waals surface area contributed by atoms with Gasteiger partial charge in [-0.15, -0.1) is 0 Å². The summed E-state index contributed by atoms with van der Waals surface area (Å²) < 4.78 is 11.3. The summed E-state index contributed by atoms with van der Waals surface area (Å²) in [6.07, 6.45) is 4.19. The van der Waals surface area contributed by atoms with Gasteiger partial charge in [-0.2, -0.15) is 0 Å². The summed E-state index contributed by atoms with van der Waals surface area (Å²) in [5, 5.41) is 4.04. The van der Waals surface area contributed by atoms with E-state index in [0.29, 0.717) is 13.2 Å². The summed E-state index contributed by atoms with van der Waals surface area (Å²) >= 11 is 0. The first-order valence-corrected chi connectivity index (χ1v) is 9.67. The standard InChI is InChI=1S/C23H24N2O3/c1-2-21-18(17-7-3-6-10-22(17)28-21)11-12-23(26)24-19-8-4-5-9-20(19)25-13-15-27-16-14-25/h3-12H,2,13-16H2,1H3,(H,24,26)/b12-11+. The molecule has 1 aliphatic heterocycles. The molecule has 5 heteroatoms. The Hall–Kier alpha value is -3.05. The van der Waals surface area contributed by atoms with Crippen LogP contribution in [0.15, 0.2) is 59.0 Å². The number of nitrogens with zero attached hydrogens (tertiary/aromatic N) is 1. The lowest BCUT2D eigenvalue weighted by atomic mass is 10.1. The Kier molecular flexibility index (Phi) is 5.44. The first-order valence-electron chi connectivity index (χ1n) is 9.67. The molecule has 3 aromatic rings. The zero-order valence-corrected chi connectivity index (χ0v) is 16.0. The monoisotopic (exact) mass is 376 g/mol. The van der Waals surface area contributed by atoms with E-state index in [1.807, 2.05) is 61.5 Å². The number of aryl methyl sites for hydroxylation is 1. The minimum Gasteiger partial charge on any atom is -0.460 e. The van der Waals surface area contributed by atoms with Crippen molar-refractivity contribution >= 4 is 34.3 Å². The molecule has 1 amide bonds. The Labute approximate surface area is 164 Å². The van der Waals surface area contributed by atoms with Crippen molar-refractivity contribution in [2.24, 2.45) is 0 Å². The molecule has 0 aliphatic carbocycles. The van der Waals surface area contributed by atoms with Crippen molar-refractivity contribution < 1.29 is 13.9 Å². The van der Waals surface area contributed by atoms with Gasteiger partial charge >= 0.3 is 0 Å². The van der Waals surface area contributed by atoms with Gasteiger partial charge in [0.05, 0.1) is 24.6 Å². The van der Waals surface area contributed by atoms with Gasteiger partial charge in [-0.25, -0.2) is 0 Å². The molecule has 0 atom stereocenters. The normalized spacial score (nSPS) is 14.7. The molecule has 0 bridgehead atoms. The number of fused-ring (bicyclic) bond motifs is 1. The molecule has 0 spiro atoms. The van der Waals surface area contributed by atoms with Gasteiger partial charge in [-0.3, -0.25) is 4.79 Å². The second kappa shape index (κ2) is 8.31. The average molecular weight is 376 g/mol. The molecule has 0 radical (unpaired) electrons. The van der Waals surface area contributed by atoms with Crippen molar-refractivity contribution in [2.75, 3.05) is 36.5 Å². The first kappa shape index (κ1) is 18.3. The molecule has 1 aromatic heterocycles. The minimum absolute atomic E-state index is 0.159. The van der Waals surface area contributed by atoms with Crippen LogP contribution in [0.4, 0.5) is 11.4 Å². The van der Waals surface area contributed by atoms with Crippen LogP contribution in [0.2, 0.25) is 0 Å². The van der Waals surface area contributed by atoms with Gasteiger partial charge in [0, 0.05) is 36.5 Å². The van der Waals surface area contributed by atoms with Crippen molar-refractivity contribution in [3.63, 3.8) is 0 Å². The van der Waals surface area contributed by atoms with Crippen LogP contribution in [0.5, 0.6) is 0 Å². The van der Waals surface area contributed by atoms with Crippen LogP contribution in [0.25, 0.3) is 17.0 Å². The fourth-order valence-corrected chi connectivity index (χ4v) is 3.55. The van der Waals surface area contributed by atoms with Crippen molar-refractivity contribution in [2.45, 2.75) is 13.3 Å². The molecule has 144 valence electrons. The lowest BCUT2D eigenvalue weighted by Gasteiger charge is -2.30. The number of carbonyl (C=O) groups is 1. The lowest BCUT2D eigenvalue weighted by Crippen LogP contribution is -2.36. The van der Waals surface area contributed by atoms with E-state index in [2.05, 4.69) is 10.2 Å². The fraction of sp³-hybridized carbons (Fsp3) is 0.261. The number of hydrogen-bond donors (Lipinski definition) is 1. The topological polar surface area (TPSA) is 54.7 Å². The molecular formula is C23H24N2O3. The zero-order valence-electron chi connectivity index (χ0n) is 16.0. The summed E-state index contributed by atoms with van der Waals surface area (Å²) in [7, 11) is 0. The van der Waals surface area contributed by atoms with E-state index in [1.165, 1.54) is 0 Å². The van der Waals surface area contributed by atoms with E-state index in [0.717, 1.165) is 53.2 Å². The molecule has 1 fully saturated rings. The van der Waals surface area contributed by atoms with Crippen molar-refractivity contribution in [3.8, 4) is 0 Å². The van der Waals surface area contributed by atoms with Gasteiger partial charge in [-0.1, -0.05) is 37.3 Å². The maximum Gasteiger partial charge on any atom is 0.248 e.